The maximum atomic E-state index is 12.9. The number of fused-ring (bicyclic) bond motifs is 1. The second-order valence-electron chi connectivity index (χ2n) is 7.65. The standard InChI is InChI=1S/C23H28N2O/c1-18-7-2-5-10-21(18)22-11-6-14-25(22)23(26)13-16-24-15-12-19-8-3-4-9-20(19)17-24/h2-5,7-10,22H,6,11-17H2,1H3/t22-/m1/s1. The fourth-order valence-corrected chi connectivity index (χ4v) is 4.49. The number of hydrogen-bond acceptors (Lipinski definition) is 2. The molecule has 4 rings (SSSR count). The summed E-state index contributed by atoms with van der Waals surface area (Å²) in [6, 6.07) is 17.5. The highest BCUT2D eigenvalue weighted by atomic mass is 16.2. The fraction of sp³-hybridized carbons (Fsp3) is 0.435. The van der Waals surface area contributed by atoms with Crippen molar-refractivity contribution in [1.29, 1.82) is 0 Å². The van der Waals surface area contributed by atoms with Crippen LogP contribution in [0.1, 0.15) is 47.6 Å². The van der Waals surface area contributed by atoms with Crippen molar-refractivity contribution in [2.45, 2.75) is 45.2 Å². The van der Waals surface area contributed by atoms with Crippen LogP contribution in [0.25, 0.3) is 0 Å². The first-order valence-electron chi connectivity index (χ1n) is 9.86. The average Bonchev–Trinajstić information content (AvgIpc) is 3.16. The molecule has 3 heteroatoms. The zero-order valence-corrected chi connectivity index (χ0v) is 15.7. The van der Waals surface area contributed by atoms with Crippen LogP contribution in [0.4, 0.5) is 0 Å². The molecule has 0 bridgehead atoms. The van der Waals surface area contributed by atoms with Crippen LogP contribution < -0.4 is 0 Å². The Bertz CT molecular complexity index is 785. The Morgan fingerprint density at radius 3 is 2.65 bits per heavy atom. The van der Waals surface area contributed by atoms with Gasteiger partial charge in [-0.05, 0) is 48.4 Å². The lowest BCUT2D eigenvalue weighted by molar-refractivity contribution is -0.132. The second kappa shape index (κ2) is 7.63. The lowest BCUT2D eigenvalue weighted by atomic mass is 9.99. The molecule has 0 aromatic heterocycles. The SMILES string of the molecule is Cc1ccccc1[C@H]1CCCN1C(=O)CCN1CCc2ccccc2C1. The normalized spacial score (nSPS) is 20.2. The van der Waals surface area contributed by atoms with Crippen LogP contribution in [0.3, 0.4) is 0 Å². The van der Waals surface area contributed by atoms with Crippen LogP contribution in [0, 0.1) is 6.92 Å². The Morgan fingerprint density at radius 1 is 1.04 bits per heavy atom. The quantitative estimate of drug-likeness (QED) is 0.830. The van der Waals surface area contributed by atoms with Gasteiger partial charge in [-0.2, -0.15) is 0 Å². The summed E-state index contributed by atoms with van der Waals surface area (Å²) in [4.78, 5) is 17.5. The summed E-state index contributed by atoms with van der Waals surface area (Å²) in [5.74, 6) is 0.314. The minimum atomic E-state index is 0.269. The summed E-state index contributed by atoms with van der Waals surface area (Å²) in [7, 11) is 0. The molecule has 2 aromatic rings. The first kappa shape index (κ1) is 17.3. The van der Waals surface area contributed by atoms with Crippen molar-refractivity contribution in [3.8, 4) is 0 Å². The molecule has 2 aliphatic heterocycles. The number of amides is 1. The lowest BCUT2D eigenvalue weighted by Crippen LogP contribution is -2.36. The van der Waals surface area contributed by atoms with Gasteiger partial charge in [0.05, 0.1) is 6.04 Å². The van der Waals surface area contributed by atoms with Crippen LogP contribution in [-0.2, 0) is 17.8 Å². The van der Waals surface area contributed by atoms with Gasteiger partial charge in [0.25, 0.3) is 0 Å². The predicted octanol–water partition coefficient (Wildman–Crippen LogP) is 4.11. The summed E-state index contributed by atoms with van der Waals surface area (Å²) >= 11 is 0. The molecule has 2 aromatic carbocycles. The molecule has 136 valence electrons. The topological polar surface area (TPSA) is 23.6 Å². The van der Waals surface area contributed by atoms with Gasteiger partial charge in [0, 0.05) is 32.6 Å². The summed E-state index contributed by atoms with van der Waals surface area (Å²) in [5.41, 5.74) is 5.51. The molecule has 0 N–H and O–H groups in total. The minimum absolute atomic E-state index is 0.269. The number of aryl methyl sites for hydroxylation is 1. The average molecular weight is 348 g/mol. The highest BCUT2D eigenvalue weighted by Gasteiger charge is 2.30. The van der Waals surface area contributed by atoms with Crippen molar-refractivity contribution in [3.05, 3.63) is 70.8 Å². The van der Waals surface area contributed by atoms with Gasteiger partial charge < -0.3 is 4.90 Å². The molecule has 1 atom stereocenters. The molecule has 0 saturated carbocycles. The number of carbonyl (C=O) groups is 1. The van der Waals surface area contributed by atoms with E-state index < -0.39 is 0 Å². The Kier molecular flexibility index (Phi) is 5.07. The zero-order valence-electron chi connectivity index (χ0n) is 15.7. The third kappa shape index (κ3) is 3.54. The van der Waals surface area contributed by atoms with Gasteiger partial charge in [0.1, 0.15) is 0 Å². The van der Waals surface area contributed by atoms with Crippen molar-refractivity contribution < 1.29 is 4.79 Å². The molecule has 1 fully saturated rings. The molecule has 2 aliphatic rings. The van der Waals surface area contributed by atoms with Crippen molar-refractivity contribution in [3.63, 3.8) is 0 Å². The van der Waals surface area contributed by atoms with Gasteiger partial charge in [-0.25, -0.2) is 0 Å². The third-order valence-electron chi connectivity index (χ3n) is 5.97. The van der Waals surface area contributed by atoms with Gasteiger partial charge in [0.15, 0.2) is 0 Å². The molecule has 3 nitrogen and oxygen atoms in total. The summed E-state index contributed by atoms with van der Waals surface area (Å²) < 4.78 is 0. The van der Waals surface area contributed by atoms with Gasteiger partial charge in [-0.3, -0.25) is 9.69 Å². The molecular weight excluding hydrogens is 320 g/mol. The van der Waals surface area contributed by atoms with Gasteiger partial charge >= 0.3 is 0 Å². The molecule has 1 amide bonds. The molecule has 2 heterocycles. The second-order valence-corrected chi connectivity index (χ2v) is 7.65. The highest BCUT2D eigenvalue weighted by Crippen LogP contribution is 2.34. The summed E-state index contributed by atoms with van der Waals surface area (Å²) in [6.07, 6.45) is 3.93. The van der Waals surface area contributed by atoms with Gasteiger partial charge in [0.2, 0.25) is 5.91 Å². The van der Waals surface area contributed by atoms with Crippen LogP contribution in [0.5, 0.6) is 0 Å². The van der Waals surface area contributed by atoms with Gasteiger partial charge in [-0.1, -0.05) is 48.5 Å². The van der Waals surface area contributed by atoms with E-state index in [1.54, 1.807) is 0 Å². The van der Waals surface area contributed by atoms with Crippen molar-refractivity contribution in [2.75, 3.05) is 19.6 Å². The first-order chi connectivity index (χ1) is 12.7. The number of benzene rings is 2. The number of nitrogens with zero attached hydrogens (tertiary/aromatic N) is 2. The largest absolute Gasteiger partial charge is 0.336 e. The van der Waals surface area contributed by atoms with E-state index in [2.05, 4.69) is 65.3 Å². The smallest absolute Gasteiger partial charge is 0.224 e. The van der Waals surface area contributed by atoms with E-state index in [4.69, 9.17) is 0 Å². The number of likely N-dealkylation sites (tertiary alicyclic amines) is 1. The van der Waals surface area contributed by atoms with E-state index in [1.165, 1.54) is 22.3 Å². The van der Waals surface area contributed by atoms with E-state index in [1.807, 2.05) is 0 Å². The zero-order chi connectivity index (χ0) is 17.9. The minimum Gasteiger partial charge on any atom is -0.336 e. The third-order valence-corrected chi connectivity index (χ3v) is 5.97. The van der Waals surface area contributed by atoms with E-state index in [0.29, 0.717) is 12.3 Å². The van der Waals surface area contributed by atoms with Gasteiger partial charge in [-0.15, -0.1) is 0 Å². The van der Waals surface area contributed by atoms with E-state index in [-0.39, 0.29) is 6.04 Å². The van der Waals surface area contributed by atoms with Crippen LogP contribution in [-0.4, -0.2) is 35.3 Å². The Hall–Kier alpha value is -2.13. The highest BCUT2D eigenvalue weighted by molar-refractivity contribution is 5.77. The van der Waals surface area contributed by atoms with Crippen molar-refractivity contribution in [1.82, 2.24) is 9.80 Å². The van der Waals surface area contributed by atoms with E-state index >= 15 is 0 Å². The molecule has 26 heavy (non-hydrogen) atoms. The molecule has 0 radical (unpaired) electrons. The summed E-state index contributed by atoms with van der Waals surface area (Å²) in [5, 5.41) is 0. The number of carbonyl (C=O) groups excluding carboxylic acids is 1. The molecular formula is C23H28N2O. The number of rotatable bonds is 4. The van der Waals surface area contributed by atoms with E-state index in [9.17, 15) is 4.79 Å². The Morgan fingerprint density at radius 2 is 1.81 bits per heavy atom. The molecule has 1 saturated heterocycles. The fourth-order valence-electron chi connectivity index (χ4n) is 4.49. The summed E-state index contributed by atoms with van der Waals surface area (Å²) in [6.45, 7) is 5.96. The maximum absolute atomic E-state index is 12.9. The van der Waals surface area contributed by atoms with Crippen LogP contribution in [0.15, 0.2) is 48.5 Å². The first-order valence-corrected chi connectivity index (χ1v) is 9.86. The monoisotopic (exact) mass is 348 g/mol. The van der Waals surface area contributed by atoms with E-state index in [0.717, 1.165) is 45.4 Å². The molecule has 0 aliphatic carbocycles. The Labute approximate surface area is 156 Å². The Balaban J connectivity index is 1.37. The molecule has 0 unspecified atom stereocenters. The molecule has 0 spiro atoms. The van der Waals surface area contributed by atoms with Crippen LogP contribution in [0.2, 0.25) is 0 Å². The number of hydrogen-bond donors (Lipinski definition) is 0. The van der Waals surface area contributed by atoms with Crippen LogP contribution >= 0.6 is 0 Å². The van der Waals surface area contributed by atoms with Crippen molar-refractivity contribution in [2.24, 2.45) is 0 Å². The predicted molar refractivity (Wildman–Crippen MR) is 105 cm³/mol. The lowest BCUT2D eigenvalue weighted by Gasteiger charge is -2.30. The van der Waals surface area contributed by atoms with Crippen molar-refractivity contribution >= 4 is 5.91 Å². The maximum Gasteiger partial charge on any atom is 0.224 e.